The van der Waals surface area contributed by atoms with Crippen LogP contribution in [0, 0.1) is 5.92 Å². The zero-order valence-corrected chi connectivity index (χ0v) is 18.5. The molecule has 0 bridgehead atoms. The summed E-state index contributed by atoms with van der Waals surface area (Å²) >= 11 is 0. The van der Waals surface area contributed by atoms with Gasteiger partial charge in [0.05, 0.1) is 0 Å². The molecule has 0 spiro atoms. The first kappa shape index (κ1) is 22.9. The SMILES string of the molecule is CCC(C)Cc1ccc(N2CCN(S(=O)(=O)C3(C(=O)NO)CCOCC3)CC2)nc1. The summed E-state index contributed by atoms with van der Waals surface area (Å²) in [6.07, 6.45) is 4.07. The molecule has 2 aliphatic rings. The predicted octanol–water partition coefficient (Wildman–Crippen LogP) is 1.18. The Balaban J connectivity index is 1.67. The maximum atomic E-state index is 13.3. The maximum absolute atomic E-state index is 13.3. The van der Waals surface area contributed by atoms with Gasteiger partial charge in [0.1, 0.15) is 5.82 Å². The van der Waals surface area contributed by atoms with Crippen molar-refractivity contribution in [3.8, 4) is 0 Å². The number of hydrogen-bond donors (Lipinski definition) is 2. The first-order chi connectivity index (χ1) is 14.3. The van der Waals surface area contributed by atoms with Crippen LogP contribution in [-0.4, -0.2) is 73.0 Å². The van der Waals surface area contributed by atoms with Crippen LogP contribution in [-0.2, 0) is 26.0 Å². The van der Waals surface area contributed by atoms with Crippen molar-refractivity contribution in [3.05, 3.63) is 23.9 Å². The molecular weight excluding hydrogens is 408 g/mol. The van der Waals surface area contributed by atoms with Crippen LogP contribution in [0.3, 0.4) is 0 Å². The molecule has 2 saturated heterocycles. The van der Waals surface area contributed by atoms with E-state index in [0.29, 0.717) is 19.0 Å². The van der Waals surface area contributed by atoms with E-state index in [0.717, 1.165) is 18.7 Å². The smallest absolute Gasteiger partial charge is 0.266 e. The molecule has 10 heteroatoms. The van der Waals surface area contributed by atoms with Crippen molar-refractivity contribution in [2.24, 2.45) is 5.92 Å². The molecule has 0 aliphatic carbocycles. The lowest BCUT2D eigenvalue weighted by molar-refractivity contribution is -0.134. The highest BCUT2D eigenvalue weighted by atomic mass is 32.2. The van der Waals surface area contributed by atoms with Gasteiger partial charge in [-0.25, -0.2) is 18.9 Å². The summed E-state index contributed by atoms with van der Waals surface area (Å²) in [6.45, 7) is 6.23. The van der Waals surface area contributed by atoms with Gasteiger partial charge in [-0.05, 0) is 24.0 Å². The number of aromatic nitrogens is 1. The zero-order chi connectivity index (χ0) is 21.8. The van der Waals surface area contributed by atoms with Gasteiger partial charge in [-0.1, -0.05) is 26.3 Å². The molecule has 3 heterocycles. The van der Waals surface area contributed by atoms with Gasteiger partial charge < -0.3 is 9.64 Å². The third-order valence-corrected chi connectivity index (χ3v) is 8.93. The molecule has 30 heavy (non-hydrogen) atoms. The molecular formula is C20H32N4O5S. The summed E-state index contributed by atoms with van der Waals surface area (Å²) in [4.78, 5) is 19.0. The zero-order valence-electron chi connectivity index (χ0n) is 17.7. The molecule has 1 aromatic rings. The minimum absolute atomic E-state index is 0.0289. The summed E-state index contributed by atoms with van der Waals surface area (Å²) in [5.41, 5.74) is 2.76. The standard InChI is InChI=1S/C20H32N4O5S/c1-3-16(2)14-17-4-5-18(21-15-17)23-8-10-24(11-9-23)30(27,28)20(19(25)22-26)6-12-29-13-7-20/h4-5,15-16,26H,3,6-14H2,1-2H3,(H,22,25). The van der Waals surface area contributed by atoms with Crippen LogP contribution in [0.2, 0.25) is 0 Å². The number of nitrogens with one attached hydrogen (secondary N) is 1. The van der Waals surface area contributed by atoms with Crippen LogP contribution in [0.5, 0.6) is 0 Å². The quantitative estimate of drug-likeness (QED) is 0.484. The summed E-state index contributed by atoms with van der Waals surface area (Å²) in [7, 11) is -3.95. The second kappa shape index (κ2) is 9.59. The number of anilines is 1. The van der Waals surface area contributed by atoms with Crippen molar-refractivity contribution in [1.82, 2.24) is 14.8 Å². The Kier molecular flexibility index (Phi) is 7.33. The number of hydroxylamine groups is 1. The second-order valence-electron chi connectivity index (χ2n) is 8.18. The minimum atomic E-state index is -3.95. The summed E-state index contributed by atoms with van der Waals surface area (Å²) < 4.78 is 31.6. The number of nitrogens with zero attached hydrogens (tertiary/aromatic N) is 3. The van der Waals surface area contributed by atoms with Crippen molar-refractivity contribution in [2.75, 3.05) is 44.3 Å². The van der Waals surface area contributed by atoms with Crippen LogP contribution < -0.4 is 10.4 Å². The Bertz CT molecular complexity index is 816. The van der Waals surface area contributed by atoms with Crippen LogP contribution in [0.1, 0.15) is 38.7 Å². The highest BCUT2D eigenvalue weighted by Gasteiger charge is 2.54. The van der Waals surface area contributed by atoms with Crippen molar-refractivity contribution < 1.29 is 23.2 Å². The molecule has 9 nitrogen and oxygen atoms in total. The lowest BCUT2D eigenvalue weighted by atomic mass is 9.98. The van der Waals surface area contributed by atoms with Crippen LogP contribution in [0.4, 0.5) is 5.82 Å². The van der Waals surface area contributed by atoms with E-state index in [2.05, 4.69) is 29.8 Å². The van der Waals surface area contributed by atoms with Gasteiger partial charge in [-0.3, -0.25) is 10.0 Å². The van der Waals surface area contributed by atoms with E-state index in [-0.39, 0.29) is 39.1 Å². The van der Waals surface area contributed by atoms with Crippen LogP contribution in [0.25, 0.3) is 0 Å². The fourth-order valence-electron chi connectivity index (χ4n) is 4.08. The average Bonchev–Trinajstić information content (AvgIpc) is 2.79. The number of piperazine rings is 1. The minimum Gasteiger partial charge on any atom is -0.381 e. The first-order valence-corrected chi connectivity index (χ1v) is 12.0. The van der Waals surface area contributed by atoms with E-state index in [1.54, 1.807) is 5.48 Å². The molecule has 2 fully saturated rings. The Morgan fingerprint density at radius 1 is 1.27 bits per heavy atom. The molecule has 0 saturated carbocycles. The number of pyridine rings is 1. The van der Waals surface area contributed by atoms with Crippen molar-refractivity contribution in [3.63, 3.8) is 0 Å². The Hall–Kier alpha value is -1.75. The third-order valence-electron chi connectivity index (χ3n) is 6.30. The summed E-state index contributed by atoms with van der Waals surface area (Å²) in [5.74, 6) is 0.556. The summed E-state index contributed by atoms with van der Waals surface area (Å²) in [5, 5.41) is 9.16. The van der Waals surface area contributed by atoms with E-state index >= 15 is 0 Å². The van der Waals surface area contributed by atoms with Crippen molar-refractivity contribution in [2.45, 2.75) is 44.3 Å². The van der Waals surface area contributed by atoms with Gasteiger partial charge in [0.2, 0.25) is 10.0 Å². The van der Waals surface area contributed by atoms with Crippen LogP contribution >= 0.6 is 0 Å². The van der Waals surface area contributed by atoms with E-state index in [4.69, 9.17) is 9.94 Å². The predicted molar refractivity (Wildman–Crippen MR) is 113 cm³/mol. The van der Waals surface area contributed by atoms with Gasteiger partial charge in [0.15, 0.2) is 4.75 Å². The summed E-state index contributed by atoms with van der Waals surface area (Å²) in [6, 6.07) is 4.07. The lowest BCUT2D eigenvalue weighted by Crippen LogP contribution is -2.62. The molecule has 0 aromatic carbocycles. The lowest BCUT2D eigenvalue weighted by Gasteiger charge is -2.41. The molecule has 3 rings (SSSR count). The number of ether oxygens (including phenoxy) is 1. The van der Waals surface area contributed by atoms with E-state index in [9.17, 15) is 13.2 Å². The molecule has 2 aliphatic heterocycles. The number of carbonyl (C=O) groups is 1. The second-order valence-corrected chi connectivity index (χ2v) is 10.4. The maximum Gasteiger partial charge on any atom is 0.266 e. The first-order valence-electron chi connectivity index (χ1n) is 10.6. The number of carbonyl (C=O) groups excluding carboxylic acids is 1. The number of amides is 1. The van der Waals surface area contributed by atoms with Crippen molar-refractivity contribution in [1.29, 1.82) is 0 Å². The molecule has 1 aromatic heterocycles. The molecule has 1 atom stereocenters. The van der Waals surface area contributed by atoms with Crippen molar-refractivity contribution >= 4 is 21.7 Å². The van der Waals surface area contributed by atoms with Gasteiger partial charge in [0, 0.05) is 58.4 Å². The number of rotatable bonds is 7. The molecule has 2 N–H and O–H groups in total. The highest BCUT2D eigenvalue weighted by molar-refractivity contribution is 7.91. The third kappa shape index (κ3) is 4.46. The fraction of sp³-hybridized carbons (Fsp3) is 0.700. The van der Waals surface area contributed by atoms with Crippen LogP contribution in [0.15, 0.2) is 18.3 Å². The van der Waals surface area contributed by atoms with Gasteiger partial charge in [0.25, 0.3) is 5.91 Å². The topological polar surface area (TPSA) is 112 Å². The van der Waals surface area contributed by atoms with Gasteiger partial charge in [-0.2, -0.15) is 4.31 Å². The van der Waals surface area contributed by atoms with E-state index < -0.39 is 20.7 Å². The van der Waals surface area contributed by atoms with Gasteiger partial charge in [-0.15, -0.1) is 0 Å². The molecule has 0 radical (unpaired) electrons. The highest BCUT2D eigenvalue weighted by Crippen LogP contribution is 2.33. The normalized spacial score (nSPS) is 21.2. The Labute approximate surface area is 178 Å². The van der Waals surface area contributed by atoms with E-state index in [1.807, 2.05) is 12.3 Å². The Morgan fingerprint density at radius 2 is 1.93 bits per heavy atom. The Morgan fingerprint density at radius 3 is 2.47 bits per heavy atom. The monoisotopic (exact) mass is 440 g/mol. The number of hydrogen-bond acceptors (Lipinski definition) is 7. The molecule has 1 unspecified atom stereocenters. The van der Waals surface area contributed by atoms with Gasteiger partial charge >= 0.3 is 0 Å². The largest absolute Gasteiger partial charge is 0.381 e. The van der Waals surface area contributed by atoms with E-state index in [1.165, 1.54) is 9.87 Å². The molecule has 1 amide bonds. The number of sulfonamides is 1. The average molecular weight is 441 g/mol. The molecule has 168 valence electrons. The fourth-order valence-corrected chi connectivity index (χ4v) is 6.18.